The molecule has 1 rings (SSSR count). The summed E-state index contributed by atoms with van der Waals surface area (Å²) in [5, 5.41) is 0. The maximum absolute atomic E-state index is 10.6. The molecule has 0 aliphatic carbocycles. The number of allylic oxidation sites excluding steroid dienone is 1. The average Bonchev–Trinajstić information content (AvgIpc) is 2.28. The molecule has 0 aliphatic rings. The van der Waals surface area contributed by atoms with Crippen LogP contribution in [0.1, 0.15) is 25.8 Å². The van der Waals surface area contributed by atoms with Gasteiger partial charge in [-0.1, -0.05) is 22.9 Å². The van der Waals surface area contributed by atoms with Crippen LogP contribution in [0, 0.1) is 0 Å². The first-order chi connectivity index (χ1) is 7.67. The number of halogens is 1. The van der Waals surface area contributed by atoms with Gasteiger partial charge in [-0.15, -0.1) is 0 Å². The summed E-state index contributed by atoms with van der Waals surface area (Å²) in [6.07, 6.45) is 3.62. The van der Waals surface area contributed by atoms with E-state index in [2.05, 4.69) is 22.9 Å². The lowest BCUT2D eigenvalue weighted by Crippen LogP contribution is -1.97. The first kappa shape index (κ1) is 13.0. The maximum Gasteiger partial charge on any atom is 0.145 e. The standard InChI is InChI=1S/C13H15BrO2/c1-3-6-16-13-5-4-12(14)8-11(13)7-10(2)9-15/h4-5,7-9H,3,6H2,1-2H3. The summed E-state index contributed by atoms with van der Waals surface area (Å²) in [5.74, 6) is 0.811. The normalized spacial score (nSPS) is 11.3. The second kappa shape index (κ2) is 6.48. The number of hydrogen-bond donors (Lipinski definition) is 0. The van der Waals surface area contributed by atoms with Crippen LogP contribution < -0.4 is 4.74 Å². The Morgan fingerprint density at radius 2 is 2.25 bits per heavy atom. The maximum atomic E-state index is 10.6. The van der Waals surface area contributed by atoms with Crippen molar-refractivity contribution in [3.8, 4) is 5.75 Å². The molecule has 0 amide bonds. The zero-order valence-electron chi connectivity index (χ0n) is 9.50. The van der Waals surface area contributed by atoms with E-state index in [9.17, 15) is 4.79 Å². The minimum Gasteiger partial charge on any atom is -0.493 e. The molecule has 3 heteroatoms. The van der Waals surface area contributed by atoms with Gasteiger partial charge < -0.3 is 4.74 Å². The van der Waals surface area contributed by atoms with Crippen molar-refractivity contribution in [2.24, 2.45) is 0 Å². The molecule has 0 saturated heterocycles. The van der Waals surface area contributed by atoms with Gasteiger partial charge in [0, 0.05) is 10.0 Å². The zero-order valence-corrected chi connectivity index (χ0v) is 11.1. The van der Waals surface area contributed by atoms with Gasteiger partial charge in [0.05, 0.1) is 6.61 Å². The van der Waals surface area contributed by atoms with Gasteiger partial charge in [-0.05, 0) is 43.2 Å². The molecule has 0 bridgehead atoms. The molecule has 0 aromatic heterocycles. The van der Waals surface area contributed by atoms with Crippen molar-refractivity contribution < 1.29 is 9.53 Å². The number of ether oxygens (including phenoxy) is 1. The number of carbonyl (C=O) groups excluding carboxylic acids is 1. The van der Waals surface area contributed by atoms with Crippen LogP contribution in [0.4, 0.5) is 0 Å². The Morgan fingerprint density at radius 3 is 2.88 bits per heavy atom. The first-order valence-corrected chi connectivity index (χ1v) is 6.02. The molecule has 0 unspecified atom stereocenters. The van der Waals surface area contributed by atoms with Crippen molar-refractivity contribution in [2.75, 3.05) is 6.61 Å². The van der Waals surface area contributed by atoms with Crippen LogP contribution in [0.5, 0.6) is 5.75 Å². The molecule has 0 atom stereocenters. The highest BCUT2D eigenvalue weighted by Crippen LogP contribution is 2.25. The first-order valence-electron chi connectivity index (χ1n) is 5.23. The predicted octanol–water partition coefficient (Wildman–Crippen LogP) is 3.84. The van der Waals surface area contributed by atoms with E-state index in [-0.39, 0.29) is 0 Å². The van der Waals surface area contributed by atoms with Gasteiger partial charge in [0.2, 0.25) is 0 Å². The monoisotopic (exact) mass is 282 g/mol. The van der Waals surface area contributed by atoms with E-state index >= 15 is 0 Å². The van der Waals surface area contributed by atoms with E-state index < -0.39 is 0 Å². The Bertz CT molecular complexity index is 397. The molecule has 16 heavy (non-hydrogen) atoms. The van der Waals surface area contributed by atoms with Gasteiger partial charge in [0.1, 0.15) is 12.0 Å². The van der Waals surface area contributed by atoms with E-state index in [4.69, 9.17) is 4.74 Å². The second-order valence-corrected chi connectivity index (χ2v) is 4.45. The van der Waals surface area contributed by atoms with Crippen LogP contribution in [0.15, 0.2) is 28.2 Å². The van der Waals surface area contributed by atoms with Gasteiger partial charge >= 0.3 is 0 Å². The third kappa shape index (κ3) is 3.81. The van der Waals surface area contributed by atoms with Crippen LogP contribution in [0.3, 0.4) is 0 Å². The summed E-state index contributed by atoms with van der Waals surface area (Å²) in [6, 6.07) is 5.78. The topological polar surface area (TPSA) is 26.3 Å². The molecule has 0 heterocycles. The van der Waals surface area contributed by atoms with Gasteiger partial charge in [-0.3, -0.25) is 4.79 Å². The van der Waals surface area contributed by atoms with Gasteiger partial charge in [-0.2, -0.15) is 0 Å². The quantitative estimate of drug-likeness (QED) is 0.606. The highest BCUT2D eigenvalue weighted by Gasteiger charge is 2.02. The summed E-state index contributed by atoms with van der Waals surface area (Å²) in [7, 11) is 0. The molecule has 0 aliphatic heterocycles. The van der Waals surface area contributed by atoms with Crippen molar-refractivity contribution >= 4 is 28.3 Å². The molecule has 0 radical (unpaired) electrons. The van der Waals surface area contributed by atoms with Crippen LogP contribution >= 0.6 is 15.9 Å². The fourth-order valence-electron chi connectivity index (χ4n) is 1.25. The Morgan fingerprint density at radius 1 is 1.50 bits per heavy atom. The molecule has 2 nitrogen and oxygen atoms in total. The molecular weight excluding hydrogens is 268 g/mol. The molecule has 1 aromatic carbocycles. The molecule has 1 aromatic rings. The number of benzene rings is 1. The SMILES string of the molecule is CCCOc1ccc(Br)cc1C=C(C)C=O. The third-order valence-electron chi connectivity index (χ3n) is 2.00. The molecule has 0 fully saturated rings. The smallest absolute Gasteiger partial charge is 0.145 e. The lowest BCUT2D eigenvalue weighted by molar-refractivity contribution is -0.104. The summed E-state index contributed by atoms with van der Waals surface area (Å²) in [5.41, 5.74) is 1.60. The molecule has 0 N–H and O–H groups in total. The van der Waals surface area contributed by atoms with Gasteiger partial charge in [0.15, 0.2) is 0 Å². The van der Waals surface area contributed by atoms with Crippen LogP contribution in [-0.4, -0.2) is 12.9 Å². The summed E-state index contributed by atoms with van der Waals surface area (Å²) in [6.45, 7) is 4.52. The van der Waals surface area contributed by atoms with E-state index in [0.29, 0.717) is 12.2 Å². The second-order valence-electron chi connectivity index (χ2n) is 3.54. The van der Waals surface area contributed by atoms with Crippen molar-refractivity contribution in [3.63, 3.8) is 0 Å². The number of rotatable bonds is 5. The Balaban J connectivity index is 3.02. The van der Waals surface area contributed by atoms with Crippen molar-refractivity contribution in [1.29, 1.82) is 0 Å². The Kier molecular flexibility index (Phi) is 5.26. The van der Waals surface area contributed by atoms with Crippen molar-refractivity contribution in [3.05, 3.63) is 33.8 Å². The highest BCUT2D eigenvalue weighted by atomic mass is 79.9. The van der Waals surface area contributed by atoms with Crippen LogP contribution in [-0.2, 0) is 4.79 Å². The highest BCUT2D eigenvalue weighted by molar-refractivity contribution is 9.10. The van der Waals surface area contributed by atoms with E-state index in [1.807, 2.05) is 24.3 Å². The molecule has 0 spiro atoms. The van der Waals surface area contributed by atoms with Gasteiger partial charge in [0.25, 0.3) is 0 Å². The zero-order chi connectivity index (χ0) is 12.0. The van der Waals surface area contributed by atoms with E-state index in [1.165, 1.54) is 0 Å². The summed E-state index contributed by atoms with van der Waals surface area (Å²) >= 11 is 3.40. The van der Waals surface area contributed by atoms with Crippen LogP contribution in [0.2, 0.25) is 0 Å². The average molecular weight is 283 g/mol. The summed E-state index contributed by atoms with van der Waals surface area (Å²) < 4.78 is 6.58. The molecule has 86 valence electrons. The fraction of sp³-hybridized carbons (Fsp3) is 0.308. The van der Waals surface area contributed by atoms with E-state index in [1.54, 1.807) is 6.92 Å². The number of hydrogen-bond acceptors (Lipinski definition) is 2. The number of aldehydes is 1. The lowest BCUT2D eigenvalue weighted by atomic mass is 10.1. The van der Waals surface area contributed by atoms with Crippen molar-refractivity contribution in [1.82, 2.24) is 0 Å². The minimum atomic E-state index is 0.680. The largest absolute Gasteiger partial charge is 0.493 e. The van der Waals surface area contributed by atoms with Crippen molar-refractivity contribution in [2.45, 2.75) is 20.3 Å². The predicted molar refractivity (Wildman–Crippen MR) is 69.6 cm³/mol. The van der Waals surface area contributed by atoms with Gasteiger partial charge in [-0.25, -0.2) is 0 Å². The Hall–Kier alpha value is -1.09. The molecular formula is C13H15BrO2. The summed E-state index contributed by atoms with van der Waals surface area (Å²) in [4.78, 5) is 10.6. The lowest BCUT2D eigenvalue weighted by Gasteiger charge is -2.08. The third-order valence-corrected chi connectivity index (χ3v) is 2.50. The van der Waals surface area contributed by atoms with E-state index in [0.717, 1.165) is 28.5 Å². The minimum absolute atomic E-state index is 0.680. The number of carbonyl (C=O) groups is 1. The fourth-order valence-corrected chi connectivity index (χ4v) is 1.63. The van der Waals surface area contributed by atoms with Crippen LogP contribution in [0.25, 0.3) is 6.08 Å². The Labute approximate surface area is 104 Å². The molecule has 0 saturated carbocycles.